The van der Waals surface area contributed by atoms with Crippen molar-refractivity contribution >= 4 is 10.0 Å². The van der Waals surface area contributed by atoms with Crippen molar-refractivity contribution in [2.45, 2.75) is 23.7 Å². The Morgan fingerprint density at radius 3 is 2.33 bits per heavy atom. The Hall–Kier alpha value is -2.58. The van der Waals surface area contributed by atoms with Gasteiger partial charge in [0, 0.05) is 24.6 Å². The van der Waals surface area contributed by atoms with Gasteiger partial charge in [-0.15, -0.1) is 0 Å². The van der Waals surface area contributed by atoms with Crippen LogP contribution >= 0.6 is 0 Å². The van der Waals surface area contributed by atoms with Gasteiger partial charge in [-0.2, -0.15) is 9.29 Å². The minimum Gasteiger partial charge on any atom is -0.334 e. The molecule has 1 aliphatic rings. The molecule has 0 radical (unpaired) electrons. The van der Waals surface area contributed by atoms with Crippen LogP contribution in [0.5, 0.6) is 0 Å². The smallest absolute Gasteiger partial charge is 0.257 e. The van der Waals surface area contributed by atoms with E-state index in [2.05, 4.69) is 10.1 Å². The van der Waals surface area contributed by atoms with Crippen molar-refractivity contribution in [3.63, 3.8) is 0 Å². The molecule has 1 saturated heterocycles. The summed E-state index contributed by atoms with van der Waals surface area (Å²) in [6.07, 6.45) is 1.21. The molecule has 6 nitrogen and oxygen atoms in total. The maximum atomic E-state index is 13.0. The van der Waals surface area contributed by atoms with Crippen LogP contribution in [0.1, 0.15) is 24.6 Å². The predicted octanol–water partition coefficient (Wildman–Crippen LogP) is 3.44. The number of piperidine rings is 1. The molecule has 0 unspecified atom stereocenters. The summed E-state index contributed by atoms with van der Waals surface area (Å²) in [6.45, 7) is 0.721. The van der Waals surface area contributed by atoms with Gasteiger partial charge >= 0.3 is 0 Å². The number of halogens is 1. The first kappa shape index (κ1) is 17.8. The van der Waals surface area contributed by atoms with Gasteiger partial charge in [-0.3, -0.25) is 0 Å². The third-order valence-corrected chi connectivity index (χ3v) is 6.65. The first-order chi connectivity index (χ1) is 13.0. The lowest BCUT2D eigenvalue weighted by Gasteiger charge is -2.29. The molecule has 1 aliphatic heterocycles. The van der Waals surface area contributed by atoms with Crippen LogP contribution in [0.2, 0.25) is 0 Å². The average Bonchev–Trinajstić information content (AvgIpc) is 3.19. The highest BCUT2D eigenvalue weighted by atomic mass is 32.2. The Balaban J connectivity index is 1.45. The molecule has 0 bridgehead atoms. The quantitative estimate of drug-likeness (QED) is 0.685. The first-order valence-corrected chi connectivity index (χ1v) is 10.1. The van der Waals surface area contributed by atoms with E-state index in [1.165, 1.54) is 16.4 Å². The van der Waals surface area contributed by atoms with Gasteiger partial charge in [0.25, 0.3) is 5.89 Å². The maximum Gasteiger partial charge on any atom is 0.257 e. The summed E-state index contributed by atoms with van der Waals surface area (Å²) in [5.74, 6) is 0.657. The van der Waals surface area contributed by atoms with E-state index >= 15 is 0 Å². The van der Waals surface area contributed by atoms with Crippen LogP contribution in [0.3, 0.4) is 0 Å². The highest BCUT2D eigenvalue weighted by Gasteiger charge is 2.31. The summed E-state index contributed by atoms with van der Waals surface area (Å²) in [5, 5.41) is 4.08. The first-order valence-electron chi connectivity index (χ1n) is 8.69. The highest BCUT2D eigenvalue weighted by molar-refractivity contribution is 7.89. The van der Waals surface area contributed by atoms with Gasteiger partial charge in [-0.25, -0.2) is 12.8 Å². The van der Waals surface area contributed by atoms with Gasteiger partial charge < -0.3 is 4.52 Å². The standard InChI is InChI=1S/C19H18FN3O3S/c20-16-6-8-17(9-7-16)27(24,25)23-12-10-14(11-13-23)18-21-19(26-22-18)15-4-2-1-3-5-15/h1-9,14H,10-13H2. The molecule has 1 fully saturated rings. The largest absolute Gasteiger partial charge is 0.334 e. The van der Waals surface area contributed by atoms with Crippen molar-refractivity contribution in [2.24, 2.45) is 0 Å². The zero-order valence-corrected chi connectivity index (χ0v) is 15.3. The van der Waals surface area contributed by atoms with E-state index in [-0.39, 0.29) is 10.8 Å². The molecule has 2 aromatic carbocycles. The van der Waals surface area contributed by atoms with Crippen LogP contribution in [-0.2, 0) is 10.0 Å². The number of hydrogen-bond donors (Lipinski definition) is 0. The monoisotopic (exact) mass is 387 g/mol. The van der Waals surface area contributed by atoms with Crippen LogP contribution in [0.15, 0.2) is 64.0 Å². The van der Waals surface area contributed by atoms with E-state index in [9.17, 15) is 12.8 Å². The van der Waals surface area contributed by atoms with Crippen LogP contribution in [0, 0.1) is 5.82 Å². The average molecular weight is 387 g/mol. The lowest BCUT2D eigenvalue weighted by molar-refractivity contribution is 0.307. The minimum absolute atomic E-state index is 0.0471. The van der Waals surface area contributed by atoms with Crippen molar-refractivity contribution in [3.05, 3.63) is 66.2 Å². The SMILES string of the molecule is O=S(=O)(c1ccc(F)cc1)N1CCC(c2noc(-c3ccccc3)n2)CC1. The van der Waals surface area contributed by atoms with Crippen molar-refractivity contribution < 1.29 is 17.3 Å². The Morgan fingerprint density at radius 1 is 1.00 bits per heavy atom. The molecule has 0 spiro atoms. The van der Waals surface area contributed by atoms with E-state index in [0.717, 1.165) is 17.7 Å². The Labute approximate surface area is 156 Å². The third kappa shape index (κ3) is 3.63. The summed E-state index contributed by atoms with van der Waals surface area (Å²) < 4.78 is 45.2. The Kier molecular flexibility index (Phi) is 4.75. The van der Waals surface area contributed by atoms with Gasteiger partial charge in [-0.05, 0) is 49.2 Å². The molecule has 0 amide bonds. The summed E-state index contributed by atoms with van der Waals surface area (Å²) in [7, 11) is -3.62. The Morgan fingerprint density at radius 2 is 1.67 bits per heavy atom. The van der Waals surface area contributed by atoms with Gasteiger partial charge in [0.15, 0.2) is 5.82 Å². The van der Waals surface area contributed by atoms with E-state index < -0.39 is 15.8 Å². The molecule has 4 rings (SSSR count). The summed E-state index contributed by atoms with van der Waals surface area (Å²) in [5.41, 5.74) is 0.854. The molecular weight excluding hydrogens is 369 g/mol. The third-order valence-electron chi connectivity index (χ3n) is 4.73. The lowest BCUT2D eigenvalue weighted by Crippen LogP contribution is -2.38. The van der Waals surface area contributed by atoms with E-state index in [4.69, 9.17) is 4.52 Å². The van der Waals surface area contributed by atoms with Gasteiger partial charge in [0.05, 0.1) is 4.90 Å². The molecule has 140 valence electrons. The molecule has 2 heterocycles. The predicted molar refractivity (Wildman–Crippen MR) is 96.9 cm³/mol. The molecule has 3 aromatic rings. The number of benzene rings is 2. The van der Waals surface area contributed by atoms with Crippen LogP contribution < -0.4 is 0 Å². The molecular formula is C19H18FN3O3S. The van der Waals surface area contributed by atoms with Crippen molar-refractivity contribution in [3.8, 4) is 11.5 Å². The van der Waals surface area contributed by atoms with Crippen LogP contribution in [0.25, 0.3) is 11.5 Å². The Bertz CT molecular complexity index is 1010. The van der Waals surface area contributed by atoms with Crippen molar-refractivity contribution in [1.29, 1.82) is 0 Å². The highest BCUT2D eigenvalue weighted by Crippen LogP contribution is 2.30. The molecule has 0 atom stereocenters. The van der Waals surface area contributed by atoms with Crippen molar-refractivity contribution in [2.75, 3.05) is 13.1 Å². The topological polar surface area (TPSA) is 76.3 Å². The molecule has 27 heavy (non-hydrogen) atoms. The maximum absolute atomic E-state index is 13.0. The molecule has 8 heteroatoms. The van der Waals surface area contributed by atoms with Gasteiger partial charge in [0.1, 0.15) is 5.82 Å². The number of nitrogens with zero attached hydrogens (tertiary/aromatic N) is 3. The van der Waals surface area contributed by atoms with Crippen molar-refractivity contribution in [1.82, 2.24) is 14.4 Å². The zero-order chi connectivity index (χ0) is 18.9. The number of rotatable bonds is 4. The fraction of sp³-hybridized carbons (Fsp3) is 0.263. The van der Waals surface area contributed by atoms with E-state index in [1.807, 2.05) is 30.3 Å². The van der Waals surface area contributed by atoms with Crippen LogP contribution in [-0.4, -0.2) is 36.0 Å². The van der Waals surface area contributed by atoms with Gasteiger partial charge in [0.2, 0.25) is 10.0 Å². The molecule has 0 saturated carbocycles. The number of sulfonamides is 1. The van der Waals surface area contributed by atoms with E-state index in [0.29, 0.717) is 37.6 Å². The number of hydrogen-bond acceptors (Lipinski definition) is 5. The fourth-order valence-corrected chi connectivity index (χ4v) is 4.68. The van der Waals surface area contributed by atoms with Gasteiger partial charge in [-0.1, -0.05) is 23.4 Å². The summed E-state index contributed by atoms with van der Waals surface area (Å²) >= 11 is 0. The molecule has 0 aliphatic carbocycles. The van der Waals surface area contributed by atoms with E-state index in [1.54, 1.807) is 0 Å². The second-order valence-electron chi connectivity index (χ2n) is 6.46. The fourth-order valence-electron chi connectivity index (χ4n) is 3.21. The minimum atomic E-state index is -3.62. The molecule has 0 N–H and O–H groups in total. The second-order valence-corrected chi connectivity index (χ2v) is 8.39. The summed E-state index contributed by atoms with van der Waals surface area (Å²) in [4.78, 5) is 4.58. The zero-order valence-electron chi connectivity index (χ0n) is 14.5. The lowest BCUT2D eigenvalue weighted by atomic mass is 9.97. The summed E-state index contributed by atoms with van der Waals surface area (Å²) in [6, 6.07) is 14.4. The number of aromatic nitrogens is 2. The normalized spacial score (nSPS) is 16.5. The second kappa shape index (κ2) is 7.21. The molecule has 1 aromatic heterocycles. The van der Waals surface area contributed by atoms with Crippen LogP contribution in [0.4, 0.5) is 4.39 Å².